The topological polar surface area (TPSA) is 68.1 Å². The lowest BCUT2D eigenvalue weighted by Crippen LogP contribution is -2.36. The van der Waals surface area contributed by atoms with Crippen LogP contribution in [0.2, 0.25) is 0 Å². The molecule has 0 radical (unpaired) electrons. The van der Waals surface area contributed by atoms with Crippen LogP contribution in [0, 0.1) is 20.8 Å². The molecule has 0 atom stereocenters. The van der Waals surface area contributed by atoms with Gasteiger partial charge in [-0.3, -0.25) is 14.5 Å². The van der Waals surface area contributed by atoms with Crippen LogP contribution in [-0.2, 0) is 7.05 Å². The molecule has 0 saturated carbocycles. The average Bonchev–Trinajstić information content (AvgIpc) is 2.45. The molecule has 0 aliphatic heterocycles. The van der Waals surface area contributed by atoms with Crippen molar-refractivity contribution >= 4 is 11.7 Å². The summed E-state index contributed by atoms with van der Waals surface area (Å²) in [6.07, 6.45) is 1.68. The highest BCUT2D eigenvalue weighted by atomic mass is 16.2. The second-order valence-corrected chi connectivity index (χ2v) is 5.07. The SMILES string of the molecule is Cc1ccc(N(C)C(=O)c2c(C)c(C)nn(C)c2=O)nc1. The van der Waals surface area contributed by atoms with E-state index in [-0.39, 0.29) is 11.5 Å². The Balaban J connectivity index is 2.50. The molecule has 2 aromatic heterocycles. The highest BCUT2D eigenvalue weighted by Gasteiger charge is 2.22. The van der Waals surface area contributed by atoms with Crippen molar-refractivity contribution in [1.82, 2.24) is 14.8 Å². The molecule has 0 aliphatic rings. The second-order valence-electron chi connectivity index (χ2n) is 5.07. The number of rotatable bonds is 2. The van der Waals surface area contributed by atoms with E-state index in [4.69, 9.17) is 0 Å². The molecule has 0 bridgehead atoms. The molecule has 6 heteroatoms. The number of carbonyl (C=O) groups excluding carboxylic acids is 1. The molecule has 2 rings (SSSR count). The molecule has 0 spiro atoms. The maximum Gasteiger partial charge on any atom is 0.279 e. The second kappa shape index (κ2) is 5.47. The van der Waals surface area contributed by atoms with Crippen molar-refractivity contribution < 1.29 is 4.79 Å². The monoisotopic (exact) mass is 286 g/mol. The fourth-order valence-electron chi connectivity index (χ4n) is 2.03. The molecule has 0 aliphatic carbocycles. The van der Waals surface area contributed by atoms with Crippen molar-refractivity contribution in [3.8, 4) is 0 Å². The van der Waals surface area contributed by atoms with Crippen molar-refractivity contribution in [2.45, 2.75) is 20.8 Å². The van der Waals surface area contributed by atoms with E-state index in [1.807, 2.05) is 13.0 Å². The summed E-state index contributed by atoms with van der Waals surface area (Å²) < 4.78 is 1.19. The van der Waals surface area contributed by atoms with Crippen LogP contribution in [0.5, 0.6) is 0 Å². The van der Waals surface area contributed by atoms with Crippen LogP contribution >= 0.6 is 0 Å². The Morgan fingerprint density at radius 3 is 2.48 bits per heavy atom. The molecular formula is C15H18N4O2. The van der Waals surface area contributed by atoms with Gasteiger partial charge < -0.3 is 0 Å². The quantitative estimate of drug-likeness (QED) is 0.836. The van der Waals surface area contributed by atoms with E-state index >= 15 is 0 Å². The van der Waals surface area contributed by atoms with Gasteiger partial charge in [0.1, 0.15) is 11.4 Å². The summed E-state index contributed by atoms with van der Waals surface area (Å²) in [5, 5.41) is 4.08. The molecule has 1 amide bonds. The van der Waals surface area contributed by atoms with Gasteiger partial charge in [0.15, 0.2) is 0 Å². The van der Waals surface area contributed by atoms with Crippen LogP contribution < -0.4 is 10.5 Å². The molecule has 0 N–H and O–H groups in total. The number of pyridine rings is 1. The Hall–Kier alpha value is -2.50. The van der Waals surface area contributed by atoms with Crippen molar-refractivity contribution in [3.05, 3.63) is 51.1 Å². The first-order valence-corrected chi connectivity index (χ1v) is 6.58. The van der Waals surface area contributed by atoms with Crippen LogP contribution in [0.3, 0.4) is 0 Å². The molecule has 0 unspecified atom stereocenters. The van der Waals surface area contributed by atoms with Gasteiger partial charge in [-0.15, -0.1) is 0 Å². The fraction of sp³-hybridized carbons (Fsp3) is 0.333. The highest BCUT2D eigenvalue weighted by molar-refractivity contribution is 6.06. The van der Waals surface area contributed by atoms with Crippen molar-refractivity contribution in [2.24, 2.45) is 7.05 Å². The third kappa shape index (κ3) is 2.69. The van der Waals surface area contributed by atoms with E-state index in [0.29, 0.717) is 17.1 Å². The number of hydrogen-bond donors (Lipinski definition) is 0. The van der Waals surface area contributed by atoms with Gasteiger partial charge in [-0.05, 0) is 38.0 Å². The summed E-state index contributed by atoms with van der Waals surface area (Å²) in [6, 6.07) is 3.62. The summed E-state index contributed by atoms with van der Waals surface area (Å²) in [6.45, 7) is 5.42. The van der Waals surface area contributed by atoms with Gasteiger partial charge in [0.25, 0.3) is 11.5 Å². The molecular weight excluding hydrogens is 268 g/mol. The number of carbonyl (C=O) groups is 1. The predicted octanol–water partition coefficient (Wildman–Crippen LogP) is 1.38. The van der Waals surface area contributed by atoms with E-state index in [1.54, 1.807) is 33.2 Å². The minimum Gasteiger partial charge on any atom is -0.296 e. The Bertz CT molecular complexity index is 748. The lowest BCUT2D eigenvalue weighted by atomic mass is 10.1. The molecule has 6 nitrogen and oxygen atoms in total. The molecule has 2 heterocycles. The van der Waals surface area contributed by atoms with Crippen LogP contribution in [0.15, 0.2) is 23.1 Å². The summed E-state index contributed by atoms with van der Waals surface area (Å²) in [7, 11) is 3.14. The van der Waals surface area contributed by atoms with E-state index in [0.717, 1.165) is 5.56 Å². The van der Waals surface area contributed by atoms with Crippen molar-refractivity contribution in [2.75, 3.05) is 11.9 Å². The smallest absolute Gasteiger partial charge is 0.279 e. The maximum atomic E-state index is 12.6. The van der Waals surface area contributed by atoms with Crippen LogP contribution in [0.1, 0.15) is 27.2 Å². The fourth-order valence-corrected chi connectivity index (χ4v) is 2.03. The zero-order valence-corrected chi connectivity index (χ0v) is 12.8. The zero-order valence-electron chi connectivity index (χ0n) is 12.8. The van der Waals surface area contributed by atoms with Gasteiger partial charge in [0, 0.05) is 20.3 Å². The summed E-state index contributed by atoms with van der Waals surface area (Å²) in [4.78, 5) is 30.4. The Morgan fingerprint density at radius 2 is 1.90 bits per heavy atom. The molecule has 2 aromatic rings. The van der Waals surface area contributed by atoms with Gasteiger partial charge >= 0.3 is 0 Å². The summed E-state index contributed by atoms with van der Waals surface area (Å²) >= 11 is 0. The maximum absolute atomic E-state index is 12.6. The molecule has 0 fully saturated rings. The normalized spacial score (nSPS) is 10.5. The first-order valence-electron chi connectivity index (χ1n) is 6.58. The zero-order chi connectivity index (χ0) is 15.7. The van der Waals surface area contributed by atoms with Crippen molar-refractivity contribution in [1.29, 1.82) is 0 Å². The minimum atomic E-state index is -0.401. The van der Waals surface area contributed by atoms with Gasteiger partial charge in [0.05, 0.1) is 5.69 Å². The lowest BCUT2D eigenvalue weighted by Gasteiger charge is -2.18. The first-order chi connectivity index (χ1) is 9.82. The number of amides is 1. The summed E-state index contributed by atoms with van der Waals surface area (Å²) in [5.74, 6) is 0.122. The number of aromatic nitrogens is 3. The molecule has 0 saturated heterocycles. The average molecular weight is 286 g/mol. The number of hydrogen-bond acceptors (Lipinski definition) is 4. The van der Waals surface area contributed by atoms with Gasteiger partial charge in [-0.25, -0.2) is 9.67 Å². The number of aryl methyl sites for hydroxylation is 3. The number of nitrogens with zero attached hydrogens (tertiary/aromatic N) is 4. The van der Waals surface area contributed by atoms with Gasteiger partial charge in [0.2, 0.25) is 0 Å². The van der Waals surface area contributed by atoms with E-state index in [2.05, 4.69) is 10.1 Å². The minimum absolute atomic E-state index is 0.134. The predicted molar refractivity (Wildman–Crippen MR) is 80.7 cm³/mol. The molecule has 21 heavy (non-hydrogen) atoms. The Morgan fingerprint density at radius 1 is 1.24 bits per heavy atom. The van der Waals surface area contributed by atoms with Crippen molar-refractivity contribution in [3.63, 3.8) is 0 Å². The van der Waals surface area contributed by atoms with Crippen LogP contribution in [0.25, 0.3) is 0 Å². The largest absolute Gasteiger partial charge is 0.296 e. The molecule has 110 valence electrons. The van der Waals surface area contributed by atoms with Crippen LogP contribution in [0.4, 0.5) is 5.82 Å². The highest BCUT2D eigenvalue weighted by Crippen LogP contribution is 2.14. The lowest BCUT2D eigenvalue weighted by molar-refractivity contribution is 0.0989. The third-order valence-electron chi connectivity index (χ3n) is 3.48. The standard InChI is InChI=1S/C15H18N4O2/c1-9-6-7-12(16-8-9)18(4)14(20)13-10(2)11(3)17-19(5)15(13)21/h6-8H,1-5H3. The Labute approximate surface area is 123 Å². The van der Waals surface area contributed by atoms with E-state index in [9.17, 15) is 9.59 Å². The van der Waals surface area contributed by atoms with E-state index in [1.165, 1.54) is 16.6 Å². The Kier molecular flexibility index (Phi) is 3.88. The number of anilines is 1. The third-order valence-corrected chi connectivity index (χ3v) is 3.48. The van der Waals surface area contributed by atoms with Gasteiger partial charge in [-0.1, -0.05) is 6.07 Å². The van der Waals surface area contributed by atoms with Gasteiger partial charge in [-0.2, -0.15) is 5.10 Å². The first kappa shape index (κ1) is 14.9. The molecule has 0 aromatic carbocycles. The van der Waals surface area contributed by atoms with Crippen LogP contribution in [-0.4, -0.2) is 27.7 Å². The summed E-state index contributed by atoms with van der Waals surface area (Å²) in [5.41, 5.74) is 2.00. The van der Waals surface area contributed by atoms with E-state index < -0.39 is 5.56 Å².